The Kier molecular flexibility index (Phi) is 4.46. The molecule has 0 unspecified atom stereocenters. The molecule has 21 heavy (non-hydrogen) atoms. The molecule has 0 atom stereocenters. The van der Waals surface area contributed by atoms with Gasteiger partial charge in [0.2, 0.25) is 0 Å². The molecule has 2 aromatic heterocycles. The highest BCUT2D eigenvalue weighted by Crippen LogP contribution is 2.21. The molecule has 3 N–H and O–H groups in total. The van der Waals surface area contributed by atoms with Crippen LogP contribution in [0.5, 0.6) is 0 Å². The Balaban J connectivity index is 2.05. The number of halogens is 1. The van der Waals surface area contributed by atoms with E-state index in [1.807, 2.05) is 13.8 Å². The molecule has 2 heterocycles. The van der Waals surface area contributed by atoms with E-state index >= 15 is 0 Å². The second-order valence-electron chi connectivity index (χ2n) is 4.80. The number of aromatic nitrogens is 2. The van der Waals surface area contributed by atoms with Gasteiger partial charge in [-0.1, -0.05) is 19.0 Å². The largest absolute Gasteiger partial charge is 0.360 e. The minimum atomic E-state index is -0.462. The number of hydrogen-bond acceptors (Lipinski definition) is 4. The predicted octanol–water partition coefficient (Wildman–Crippen LogP) is 2.27. The summed E-state index contributed by atoms with van der Waals surface area (Å²) < 4.78 is 5.88. The maximum atomic E-state index is 12.1. The van der Waals surface area contributed by atoms with Gasteiger partial charge in [0.15, 0.2) is 5.76 Å². The van der Waals surface area contributed by atoms with Crippen molar-refractivity contribution in [2.45, 2.75) is 26.7 Å². The zero-order chi connectivity index (χ0) is 15.6. The summed E-state index contributed by atoms with van der Waals surface area (Å²) >= 11 is 3.23. The Bertz CT molecular complexity index is 675. The van der Waals surface area contributed by atoms with Crippen LogP contribution in [0.3, 0.4) is 0 Å². The van der Waals surface area contributed by atoms with Crippen molar-refractivity contribution in [2.24, 2.45) is 0 Å². The Morgan fingerprint density at radius 1 is 1.33 bits per heavy atom. The van der Waals surface area contributed by atoms with Gasteiger partial charge in [0, 0.05) is 16.6 Å². The van der Waals surface area contributed by atoms with E-state index in [4.69, 9.17) is 4.52 Å². The van der Waals surface area contributed by atoms with Gasteiger partial charge in [-0.25, -0.2) is 0 Å². The number of hydrogen-bond donors (Lipinski definition) is 3. The lowest BCUT2D eigenvalue weighted by Crippen LogP contribution is -2.42. The van der Waals surface area contributed by atoms with Crippen LogP contribution in [0.15, 0.2) is 21.3 Å². The van der Waals surface area contributed by atoms with E-state index in [2.05, 4.69) is 36.9 Å². The van der Waals surface area contributed by atoms with Crippen LogP contribution in [0.4, 0.5) is 0 Å². The summed E-state index contributed by atoms with van der Waals surface area (Å²) in [5, 5.41) is 3.79. The molecule has 7 nitrogen and oxygen atoms in total. The molecular formula is C13H15BrN4O3. The van der Waals surface area contributed by atoms with Crippen molar-refractivity contribution in [1.82, 2.24) is 21.0 Å². The predicted molar refractivity (Wildman–Crippen MR) is 78.8 cm³/mol. The lowest BCUT2D eigenvalue weighted by Gasteiger charge is -2.07. The van der Waals surface area contributed by atoms with Crippen LogP contribution in [0.2, 0.25) is 0 Å². The van der Waals surface area contributed by atoms with E-state index in [1.54, 1.807) is 19.2 Å². The third kappa shape index (κ3) is 3.33. The van der Waals surface area contributed by atoms with Crippen molar-refractivity contribution >= 4 is 27.7 Å². The zero-order valence-electron chi connectivity index (χ0n) is 11.8. The van der Waals surface area contributed by atoms with Gasteiger partial charge in [-0.2, -0.15) is 0 Å². The topological polar surface area (TPSA) is 100 Å². The normalized spacial score (nSPS) is 10.7. The minimum Gasteiger partial charge on any atom is -0.360 e. The van der Waals surface area contributed by atoms with E-state index < -0.39 is 11.8 Å². The van der Waals surface area contributed by atoms with Crippen LogP contribution in [-0.2, 0) is 0 Å². The van der Waals surface area contributed by atoms with Gasteiger partial charge in [0.25, 0.3) is 11.8 Å². The molecule has 2 amide bonds. The van der Waals surface area contributed by atoms with Gasteiger partial charge < -0.3 is 9.51 Å². The average molecular weight is 355 g/mol. The van der Waals surface area contributed by atoms with Crippen LogP contribution in [0.1, 0.15) is 52.1 Å². The molecule has 0 spiro atoms. The number of aryl methyl sites for hydroxylation is 1. The maximum absolute atomic E-state index is 12.1. The standard InChI is InChI=1S/C13H15BrN4O3/c1-6(2)11-10(7(3)18-21-11)13(20)17-16-12(19)9-4-8(14)5-15-9/h4-6,15H,1-3H3,(H,16,19)(H,17,20). The van der Waals surface area contributed by atoms with Gasteiger partial charge in [0.05, 0.1) is 5.69 Å². The molecule has 0 fully saturated rings. The lowest BCUT2D eigenvalue weighted by atomic mass is 10.1. The number of carbonyl (C=O) groups excluding carboxylic acids is 2. The molecule has 2 aromatic rings. The number of H-pyrrole nitrogens is 1. The average Bonchev–Trinajstić information content (AvgIpc) is 3.01. The van der Waals surface area contributed by atoms with Crippen molar-refractivity contribution in [1.29, 1.82) is 0 Å². The first kappa shape index (κ1) is 15.3. The van der Waals surface area contributed by atoms with Crippen LogP contribution in [-0.4, -0.2) is 22.0 Å². The third-order valence-electron chi connectivity index (χ3n) is 2.82. The molecule has 0 bridgehead atoms. The number of carbonyl (C=O) groups is 2. The summed E-state index contributed by atoms with van der Waals surface area (Å²) in [5.41, 5.74) is 5.84. The fourth-order valence-electron chi connectivity index (χ4n) is 1.80. The van der Waals surface area contributed by atoms with Gasteiger partial charge in [-0.05, 0) is 28.9 Å². The summed E-state index contributed by atoms with van der Waals surface area (Å²) in [4.78, 5) is 26.7. The SMILES string of the molecule is Cc1noc(C(C)C)c1C(=O)NNC(=O)c1cc(Br)c[nH]1. The molecule has 112 valence electrons. The molecule has 0 aliphatic heterocycles. The molecule has 0 aliphatic rings. The minimum absolute atomic E-state index is 0.0158. The highest BCUT2D eigenvalue weighted by Gasteiger charge is 2.23. The number of nitrogens with zero attached hydrogens (tertiary/aromatic N) is 1. The molecule has 8 heteroatoms. The first-order valence-electron chi connectivity index (χ1n) is 6.31. The van der Waals surface area contributed by atoms with Crippen molar-refractivity contribution in [2.75, 3.05) is 0 Å². The lowest BCUT2D eigenvalue weighted by molar-refractivity contribution is 0.0842. The van der Waals surface area contributed by atoms with E-state index in [9.17, 15) is 9.59 Å². The summed E-state index contributed by atoms with van der Waals surface area (Å²) in [7, 11) is 0. The number of rotatable bonds is 3. The van der Waals surface area contributed by atoms with Crippen molar-refractivity contribution in [3.8, 4) is 0 Å². The Hall–Kier alpha value is -2.09. The van der Waals surface area contributed by atoms with E-state index in [0.29, 0.717) is 22.7 Å². The molecule has 0 radical (unpaired) electrons. The van der Waals surface area contributed by atoms with Gasteiger partial charge in [-0.15, -0.1) is 0 Å². The highest BCUT2D eigenvalue weighted by atomic mass is 79.9. The first-order valence-corrected chi connectivity index (χ1v) is 7.10. The first-order chi connectivity index (χ1) is 9.90. The Morgan fingerprint density at radius 3 is 2.57 bits per heavy atom. The van der Waals surface area contributed by atoms with Gasteiger partial charge in [-0.3, -0.25) is 20.4 Å². The summed E-state index contributed by atoms with van der Waals surface area (Å²) in [5.74, 6) is -0.408. The fourth-order valence-corrected chi connectivity index (χ4v) is 2.14. The monoisotopic (exact) mass is 354 g/mol. The van der Waals surface area contributed by atoms with Crippen LogP contribution in [0, 0.1) is 6.92 Å². The smallest absolute Gasteiger partial charge is 0.286 e. The molecule has 2 rings (SSSR count). The van der Waals surface area contributed by atoms with Gasteiger partial charge in [0.1, 0.15) is 11.3 Å². The number of amides is 2. The summed E-state index contributed by atoms with van der Waals surface area (Å²) in [6, 6.07) is 1.60. The Labute approximate surface area is 129 Å². The molecule has 0 aliphatic carbocycles. The van der Waals surface area contributed by atoms with E-state index in [0.717, 1.165) is 4.47 Å². The summed E-state index contributed by atoms with van der Waals surface area (Å²) in [6.45, 7) is 5.46. The van der Waals surface area contributed by atoms with Crippen LogP contribution >= 0.6 is 15.9 Å². The molecule has 0 aromatic carbocycles. The van der Waals surface area contributed by atoms with Crippen LogP contribution < -0.4 is 10.9 Å². The van der Waals surface area contributed by atoms with Gasteiger partial charge >= 0.3 is 0 Å². The van der Waals surface area contributed by atoms with Crippen molar-refractivity contribution in [3.05, 3.63) is 39.4 Å². The number of aromatic amines is 1. The zero-order valence-corrected chi connectivity index (χ0v) is 13.4. The quantitative estimate of drug-likeness (QED) is 0.736. The third-order valence-corrected chi connectivity index (χ3v) is 3.28. The van der Waals surface area contributed by atoms with E-state index in [-0.39, 0.29) is 5.92 Å². The molecule has 0 saturated carbocycles. The molecular weight excluding hydrogens is 340 g/mol. The van der Waals surface area contributed by atoms with Crippen LogP contribution in [0.25, 0.3) is 0 Å². The second kappa shape index (κ2) is 6.13. The van der Waals surface area contributed by atoms with Crippen molar-refractivity contribution in [3.63, 3.8) is 0 Å². The summed E-state index contributed by atoms with van der Waals surface area (Å²) in [6.07, 6.45) is 1.62. The number of nitrogens with one attached hydrogen (secondary N) is 3. The highest BCUT2D eigenvalue weighted by molar-refractivity contribution is 9.10. The molecule has 0 saturated heterocycles. The van der Waals surface area contributed by atoms with Crippen molar-refractivity contribution < 1.29 is 14.1 Å². The number of hydrazine groups is 1. The van der Waals surface area contributed by atoms with E-state index in [1.165, 1.54) is 0 Å². The fraction of sp³-hybridized carbons (Fsp3) is 0.308. The Morgan fingerprint density at radius 2 is 2.00 bits per heavy atom. The second-order valence-corrected chi connectivity index (χ2v) is 5.72. The maximum Gasteiger partial charge on any atom is 0.286 e.